The number of aliphatic hydroxyl groups excluding tert-OH is 7. The molecule has 2 saturated heterocycles. The highest BCUT2D eigenvalue weighted by Gasteiger charge is 2.50. The lowest BCUT2D eigenvalue weighted by Gasteiger charge is -2.45. The number of hydrogen-bond donors (Lipinski definition) is 7. The predicted octanol–water partition coefficient (Wildman–Crippen LogP) is 2.20. The molecule has 2 heterocycles. The smallest absolute Gasteiger partial charge is 0.305 e. The van der Waals surface area contributed by atoms with Crippen molar-refractivity contribution in [2.45, 2.75) is 184 Å². The van der Waals surface area contributed by atoms with E-state index in [-0.39, 0.29) is 6.42 Å². The summed E-state index contributed by atoms with van der Waals surface area (Å²) in [5.74, 6) is -0.478. The van der Waals surface area contributed by atoms with Crippen LogP contribution in [0.4, 0.5) is 0 Å². The van der Waals surface area contributed by atoms with Crippen LogP contribution in [-0.4, -0.2) is 116 Å². The Kier molecular flexibility index (Phi) is 20.1. The van der Waals surface area contributed by atoms with Crippen molar-refractivity contribution < 1.29 is 59.5 Å². The second kappa shape index (κ2) is 22.6. The zero-order valence-electron chi connectivity index (χ0n) is 26.6. The van der Waals surface area contributed by atoms with Gasteiger partial charge in [0.05, 0.1) is 6.61 Å². The van der Waals surface area contributed by atoms with Gasteiger partial charge in [0.2, 0.25) is 0 Å². The van der Waals surface area contributed by atoms with Gasteiger partial charge in [-0.3, -0.25) is 4.79 Å². The lowest BCUT2D eigenvalue weighted by atomic mass is 9.97. The minimum atomic E-state index is -1.77. The number of unbranched alkanes of at least 4 members (excludes halogenated alkanes) is 16. The van der Waals surface area contributed by atoms with E-state index >= 15 is 0 Å². The molecule has 0 aromatic heterocycles. The molecule has 12 nitrogen and oxygen atoms in total. The normalized spacial score (nSPS) is 32.5. The van der Waals surface area contributed by atoms with E-state index in [1.54, 1.807) is 0 Å². The Morgan fingerprint density at radius 1 is 0.591 bits per heavy atom. The summed E-state index contributed by atoms with van der Waals surface area (Å²) in [7, 11) is 0. The molecule has 12 heteroatoms. The van der Waals surface area contributed by atoms with Crippen LogP contribution in [0.3, 0.4) is 0 Å². The van der Waals surface area contributed by atoms with Gasteiger partial charge >= 0.3 is 5.97 Å². The molecule has 2 aliphatic heterocycles. The molecule has 0 spiro atoms. The van der Waals surface area contributed by atoms with Crippen LogP contribution in [0.1, 0.15) is 122 Å². The van der Waals surface area contributed by atoms with Crippen molar-refractivity contribution in [1.82, 2.24) is 0 Å². The van der Waals surface area contributed by atoms with Crippen molar-refractivity contribution in [2.75, 3.05) is 13.2 Å². The third kappa shape index (κ3) is 13.8. The highest BCUT2D eigenvalue weighted by atomic mass is 16.7. The lowest BCUT2D eigenvalue weighted by Crippen LogP contribution is -2.64. The van der Waals surface area contributed by atoms with E-state index < -0.39 is 80.6 Å². The van der Waals surface area contributed by atoms with Crippen molar-refractivity contribution in [3.8, 4) is 0 Å². The fraction of sp³-hybridized carbons (Fsp3) is 0.969. The number of aliphatic hydroxyl groups is 7. The molecule has 10 atom stereocenters. The van der Waals surface area contributed by atoms with Crippen LogP contribution >= 0.6 is 0 Å². The van der Waals surface area contributed by atoms with Crippen LogP contribution in [-0.2, 0) is 23.7 Å². The third-order valence-corrected chi connectivity index (χ3v) is 8.69. The van der Waals surface area contributed by atoms with Crippen molar-refractivity contribution in [3.63, 3.8) is 0 Å². The van der Waals surface area contributed by atoms with Gasteiger partial charge in [-0.05, 0) is 6.42 Å². The number of carbonyl (C=O) groups is 1. The number of ether oxygens (including phenoxy) is 4. The van der Waals surface area contributed by atoms with Gasteiger partial charge < -0.3 is 54.7 Å². The quantitative estimate of drug-likeness (QED) is 0.0639. The SMILES string of the molecule is CCCCCCCCCCCCCCCCCCCC(=O)OC[C@H]1O[C@@H](O[C@H]2[C@H](O)[C@H](O)[C@H](O)O[C@@H]2CO)[C@@H](O)[C@@H](O)[C@@H]1O. The van der Waals surface area contributed by atoms with Crippen molar-refractivity contribution in [2.24, 2.45) is 0 Å². The van der Waals surface area contributed by atoms with Crippen LogP contribution in [0.15, 0.2) is 0 Å². The molecule has 2 rings (SSSR count). The first kappa shape index (κ1) is 39.2. The first-order valence-corrected chi connectivity index (χ1v) is 17.0. The van der Waals surface area contributed by atoms with Crippen molar-refractivity contribution >= 4 is 5.97 Å². The number of esters is 1. The van der Waals surface area contributed by atoms with Gasteiger partial charge in [0.25, 0.3) is 0 Å². The standard InChI is InChI=1S/C32H60O12/c1-2-3-4-5-6-7-8-9-10-11-12-13-14-15-16-17-18-19-24(34)41-21-23-25(35)26(36)29(39)32(43-23)44-30-22(20-33)42-31(40)28(38)27(30)37/h22-23,25-33,35-40H,2-21H2,1H3/t22-,23-,25-,26+,27-,28+,29+,30-,31-,32+/m1/s1. The zero-order valence-corrected chi connectivity index (χ0v) is 26.6. The molecule has 2 fully saturated rings. The maximum absolute atomic E-state index is 12.3. The molecule has 0 saturated carbocycles. The minimum Gasteiger partial charge on any atom is -0.463 e. The molecule has 44 heavy (non-hydrogen) atoms. The topological polar surface area (TPSA) is 196 Å². The Bertz CT molecular complexity index is 740. The summed E-state index contributed by atoms with van der Waals surface area (Å²) in [6, 6.07) is 0. The van der Waals surface area contributed by atoms with Crippen molar-refractivity contribution in [3.05, 3.63) is 0 Å². The molecule has 7 N–H and O–H groups in total. The van der Waals surface area contributed by atoms with Gasteiger partial charge in [0, 0.05) is 6.42 Å². The van der Waals surface area contributed by atoms with E-state index in [4.69, 9.17) is 18.9 Å². The summed E-state index contributed by atoms with van der Waals surface area (Å²) in [6.45, 7) is 1.15. The van der Waals surface area contributed by atoms with Gasteiger partial charge in [-0.25, -0.2) is 0 Å². The molecular weight excluding hydrogens is 576 g/mol. The van der Waals surface area contributed by atoms with Gasteiger partial charge in [0.1, 0.15) is 55.4 Å². The van der Waals surface area contributed by atoms with E-state index in [0.717, 1.165) is 19.3 Å². The first-order chi connectivity index (χ1) is 21.2. The van der Waals surface area contributed by atoms with Crippen LogP contribution in [0.5, 0.6) is 0 Å². The minimum absolute atomic E-state index is 0.205. The van der Waals surface area contributed by atoms with E-state index in [1.807, 2.05) is 0 Å². The zero-order chi connectivity index (χ0) is 32.3. The third-order valence-electron chi connectivity index (χ3n) is 8.69. The Morgan fingerprint density at radius 2 is 1.09 bits per heavy atom. The number of rotatable bonds is 23. The lowest BCUT2D eigenvalue weighted by molar-refractivity contribution is -0.355. The average molecular weight is 637 g/mol. The number of hydrogen-bond acceptors (Lipinski definition) is 12. The molecule has 0 bridgehead atoms. The Labute approximate surface area is 262 Å². The fourth-order valence-electron chi connectivity index (χ4n) is 5.80. The molecule has 0 unspecified atom stereocenters. The van der Waals surface area contributed by atoms with E-state index in [2.05, 4.69) is 6.92 Å². The summed E-state index contributed by atoms with van der Waals surface area (Å²) in [5, 5.41) is 70.3. The van der Waals surface area contributed by atoms with Gasteiger partial charge in [-0.15, -0.1) is 0 Å². The average Bonchev–Trinajstić information content (AvgIpc) is 3.02. The summed E-state index contributed by atoms with van der Waals surface area (Å²) in [5.41, 5.74) is 0. The molecule has 0 amide bonds. The molecule has 2 aliphatic rings. The first-order valence-electron chi connectivity index (χ1n) is 17.0. The van der Waals surface area contributed by atoms with E-state index in [1.165, 1.54) is 83.5 Å². The molecular formula is C32H60O12. The van der Waals surface area contributed by atoms with Crippen molar-refractivity contribution in [1.29, 1.82) is 0 Å². The molecule has 0 aromatic rings. The van der Waals surface area contributed by atoms with E-state index in [9.17, 15) is 40.5 Å². The fourth-order valence-corrected chi connectivity index (χ4v) is 5.80. The summed E-state index contributed by atoms with van der Waals surface area (Å²) in [6.07, 6.45) is 5.43. The van der Waals surface area contributed by atoms with Gasteiger partial charge in [0.15, 0.2) is 12.6 Å². The Hall–Kier alpha value is -0.930. The molecule has 0 aromatic carbocycles. The summed E-state index contributed by atoms with van der Waals surface area (Å²) < 4.78 is 21.3. The number of carbonyl (C=O) groups excluding carboxylic acids is 1. The summed E-state index contributed by atoms with van der Waals surface area (Å²) >= 11 is 0. The second-order valence-electron chi connectivity index (χ2n) is 12.4. The van der Waals surface area contributed by atoms with E-state index in [0.29, 0.717) is 6.42 Å². The highest BCUT2D eigenvalue weighted by molar-refractivity contribution is 5.69. The highest BCUT2D eigenvalue weighted by Crippen LogP contribution is 2.29. The maximum Gasteiger partial charge on any atom is 0.305 e. The van der Waals surface area contributed by atoms with Gasteiger partial charge in [-0.2, -0.15) is 0 Å². The van der Waals surface area contributed by atoms with Crippen LogP contribution in [0.2, 0.25) is 0 Å². The maximum atomic E-state index is 12.3. The molecule has 0 radical (unpaired) electrons. The molecule has 260 valence electrons. The van der Waals surface area contributed by atoms with Crippen LogP contribution in [0.25, 0.3) is 0 Å². The second-order valence-corrected chi connectivity index (χ2v) is 12.4. The monoisotopic (exact) mass is 636 g/mol. The van der Waals surface area contributed by atoms with Crippen LogP contribution < -0.4 is 0 Å². The van der Waals surface area contributed by atoms with Gasteiger partial charge in [-0.1, -0.05) is 110 Å². The predicted molar refractivity (Wildman–Crippen MR) is 161 cm³/mol. The van der Waals surface area contributed by atoms with Crippen LogP contribution in [0, 0.1) is 0 Å². The Morgan fingerprint density at radius 3 is 1.59 bits per heavy atom. The Balaban J connectivity index is 1.55. The molecule has 0 aliphatic carbocycles. The summed E-state index contributed by atoms with van der Waals surface area (Å²) in [4.78, 5) is 12.3. The largest absolute Gasteiger partial charge is 0.463 e.